The highest BCUT2D eigenvalue weighted by Crippen LogP contribution is 2.35. The Morgan fingerprint density at radius 2 is 1.55 bits per heavy atom. The Balaban J connectivity index is 1.58. The number of hydrogen-bond donors (Lipinski definition) is 1. The van der Waals surface area contributed by atoms with Gasteiger partial charge in [0, 0.05) is 49.2 Å². The molecular weight excluding hydrogens is 366 g/mol. The minimum atomic E-state index is 0.612. The van der Waals surface area contributed by atoms with Crippen LogP contribution >= 0.6 is 0 Å². The summed E-state index contributed by atoms with van der Waals surface area (Å²) in [4.78, 5) is 9.58. The third-order valence-corrected chi connectivity index (χ3v) is 5.48. The van der Waals surface area contributed by atoms with Crippen molar-refractivity contribution in [2.75, 3.05) is 50.2 Å². The molecule has 1 aliphatic rings. The second-order valence-corrected chi connectivity index (χ2v) is 7.20. The van der Waals surface area contributed by atoms with E-state index in [2.05, 4.69) is 38.2 Å². The van der Waals surface area contributed by atoms with Crippen molar-refractivity contribution in [3.8, 4) is 22.9 Å². The summed E-state index contributed by atoms with van der Waals surface area (Å²) in [7, 11) is 3.34. The van der Waals surface area contributed by atoms with E-state index in [4.69, 9.17) is 14.5 Å². The molecule has 1 saturated heterocycles. The van der Waals surface area contributed by atoms with Crippen molar-refractivity contribution in [2.24, 2.45) is 0 Å². The van der Waals surface area contributed by atoms with Gasteiger partial charge < -0.3 is 19.3 Å². The zero-order valence-electron chi connectivity index (χ0n) is 17.4. The summed E-state index contributed by atoms with van der Waals surface area (Å²) in [6, 6.07) is 12.3. The Kier molecular flexibility index (Phi) is 5.29. The van der Waals surface area contributed by atoms with Gasteiger partial charge in [0.1, 0.15) is 11.4 Å². The molecule has 7 nitrogen and oxygen atoms in total. The van der Waals surface area contributed by atoms with Crippen LogP contribution < -0.4 is 19.3 Å². The van der Waals surface area contributed by atoms with Crippen LogP contribution in [0, 0.1) is 13.8 Å². The number of H-pyrrole nitrogens is 1. The average Bonchev–Trinajstić information content (AvgIpc) is 3.11. The number of benzene rings is 1. The third-order valence-electron chi connectivity index (χ3n) is 5.48. The van der Waals surface area contributed by atoms with Crippen LogP contribution in [0.5, 0.6) is 11.6 Å². The van der Waals surface area contributed by atoms with Gasteiger partial charge in [0.15, 0.2) is 0 Å². The number of aryl methyl sites for hydroxylation is 2. The van der Waals surface area contributed by atoms with Crippen molar-refractivity contribution in [3.05, 3.63) is 47.8 Å². The molecule has 0 aliphatic carbocycles. The van der Waals surface area contributed by atoms with E-state index in [1.807, 2.05) is 32.0 Å². The fourth-order valence-electron chi connectivity index (χ4n) is 3.89. The fraction of sp³-hybridized carbons (Fsp3) is 0.364. The number of rotatable bonds is 5. The van der Waals surface area contributed by atoms with Gasteiger partial charge in [-0.05, 0) is 44.2 Å². The number of ether oxygens (including phenoxy) is 2. The monoisotopic (exact) mass is 393 g/mol. The third kappa shape index (κ3) is 3.72. The highest BCUT2D eigenvalue weighted by molar-refractivity contribution is 5.79. The zero-order valence-corrected chi connectivity index (χ0v) is 17.4. The van der Waals surface area contributed by atoms with E-state index in [0.29, 0.717) is 5.88 Å². The first-order chi connectivity index (χ1) is 14.1. The number of methoxy groups -OCH3 is 2. The number of aromatic nitrogens is 3. The van der Waals surface area contributed by atoms with Gasteiger partial charge in [-0.2, -0.15) is 5.10 Å². The lowest BCUT2D eigenvalue weighted by molar-refractivity contribution is 0.398. The van der Waals surface area contributed by atoms with Gasteiger partial charge in [-0.3, -0.25) is 5.10 Å². The highest BCUT2D eigenvalue weighted by atomic mass is 16.5. The van der Waals surface area contributed by atoms with Crippen LogP contribution in [0.1, 0.15) is 11.4 Å². The van der Waals surface area contributed by atoms with Crippen LogP contribution in [0.4, 0.5) is 11.4 Å². The Labute approximate surface area is 171 Å². The van der Waals surface area contributed by atoms with Gasteiger partial charge in [0.2, 0.25) is 5.88 Å². The number of hydrogen-bond acceptors (Lipinski definition) is 6. The summed E-state index contributed by atoms with van der Waals surface area (Å²) in [6.07, 6.45) is 0. The van der Waals surface area contributed by atoms with Gasteiger partial charge in [0.25, 0.3) is 0 Å². The molecule has 1 fully saturated rings. The van der Waals surface area contributed by atoms with Gasteiger partial charge in [-0.1, -0.05) is 0 Å². The van der Waals surface area contributed by atoms with E-state index in [9.17, 15) is 0 Å². The molecule has 1 aliphatic heterocycles. The Morgan fingerprint density at radius 3 is 2.14 bits per heavy atom. The Bertz CT molecular complexity index is 956. The van der Waals surface area contributed by atoms with Gasteiger partial charge >= 0.3 is 0 Å². The first-order valence-electron chi connectivity index (χ1n) is 9.81. The first kappa shape index (κ1) is 19.1. The minimum absolute atomic E-state index is 0.612. The standard InChI is InChI=1S/C22H27N5O2/c1-15-21(16(2)25-24-15)22-19(9-10-20(23-22)29-4)27-13-11-26(12-14-27)17-5-7-18(28-3)8-6-17/h5-10H,11-14H2,1-4H3,(H,24,25). The molecule has 7 heteroatoms. The van der Waals surface area contributed by atoms with Gasteiger partial charge in [-0.25, -0.2) is 4.98 Å². The van der Waals surface area contributed by atoms with E-state index >= 15 is 0 Å². The number of piperazine rings is 1. The smallest absolute Gasteiger partial charge is 0.213 e. The van der Waals surface area contributed by atoms with E-state index in [0.717, 1.165) is 60.3 Å². The number of aromatic amines is 1. The molecule has 0 atom stereocenters. The number of nitrogens with one attached hydrogen (secondary N) is 1. The largest absolute Gasteiger partial charge is 0.497 e. The second-order valence-electron chi connectivity index (χ2n) is 7.20. The predicted octanol–water partition coefficient (Wildman–Crippen LogP) is 3.43. The SMILES string of the molecule is COc1ccc(N2CCN(c3ccc(OC)nc3-c3c(C)n[nH]c3C)CC2)cc1. The summed E-state index contributed by atoms with van der Waals surface area (Å²) < 4.78 is 10.7. The summed E-state index contributed by atoms with van der Waals surface area (Å²) >= 11 is 0. The molecule has 0 bridgehead atoms. The molecule has 0 amide bonds. The van der Waals surface area contributed by atoms with Crippen molar-refractivity contribution in [2.45, 2.75) is 13.8 Å². The number of nitrogens with zero attached hydrogens (tertiary/aromatic N) is 4. The second kappa shape index (κ2) is 8.03. The molecule has 0 saturated carbocycles. The van der Waals surface area contributed by atoms with Crippen molar-refractivity contribution >= 4 is 11.4 Å². The molecule has 0 radical (unpaired) electrons. The van der Waals surface area contributed by atoms with E-state index in [-0.39, 0.29) is 0 Å². The molecule has 2 aromatic heterocycles. The maximum atomic E-state index is 5.39. The quantitative estimate of drug-likeness (QED) is 0.716. The fourth-order valence-corrected chi connectivity index (χ4v) is 3.89. The summed E-state index contributed by atoms with van der Waals surface area (Å²) in [6.45, 7) is 7.77. The van der Waals surface area contributed by atoms with Crippen LogP contribution in [0.3, 0.4) is 0 Å². The van der Waals surface area contributed by atoms with Crippen LogP contribution in [-0.4, -0.2) is 55.6 Å². The molecule has 0 spiro atoms. The van der Waals surface area contributed by atoms with Crippen LogP contribution in [0.25, 0.3) is 11.3 Å². The molecule has 1 N–H and O–H groups in total. The maximum absolute atomic E-state index is 5.39. The molecule has 29 heavy (non-hydrogen) atoms. The van der Waals surface area contributed by atoms with Crippen LogP contribution in [0.15, 0.2) is 36.4 Å². The lowest BCUT2D eigenvalue weighted by Gasteiger charge is -2.38. The normalized spacial score (nSPS) is 14.2. The molecule has 4 rings (SSSR count). The number of pyridine rings is 1. The van der Waals surface area contributed by atoms with Crippen LogP contribution in [-0.2, 0) is 0 Å². The van der Waals surface area contributed by atoms with Crippen molar-refractivity contribution in [1.29, 1.82) is 0 Å². The Morgan fingerprint density at radius 1 is 0.862 bits per heavy atom. The van der Waals surface area contributed by atoms with E-state index in [1.165, 1.54) is 5.69 Å². The highest BCUT2D eigenvalue weighted by Gasteiger charge is 2.23. The van der Waals surface area contributed by atoms with Crippen LogP contribution in [0.2, 0.25) is 0 Å². The van der Waals surface area contributed by atoms with Gasteiger partial charge in [0.05, 0.1) is 25.6 Å². The zero-order chi connectivity index (χ0) is 20.4. The molecule has 0 unspecified atom stereocenters. The van der Waals surface area contributed by atoms with Gasteiger partial charge in [-0.15, -0.1) is 0 Å². The predicted molar refractivity (Wildman–Crippen MR) is 115 cm³/mol. The topological polar surface area (TPSA) is 66.5 Å². The summed E-state index contributed by atoms with van der Waals surface area (Å²) in [5, 5.41) is 7.43. The molecule has 152 valence electrons. The lowest BCUT2D eigenvalue weighted by Crippen LogP contribution is -2.46. The van der Waals surface area contributed by atoms with E-state index in [1.54, 1.807) is 14.2 Å². The first-order valence-corrected chi connectivity index (χ1v) is 9.81. The molecule has 3 heterocycles. The van der Waals surface area contributed by atoms with Crippen molar-refractivity contribution < 1.29 is 9.47 Å². The molecule has 3 aromatic rings. The summed E-state index contributed by atoms with van der Waals surface area (Å²) in [5.41, 5.74) is 6.28. The maximum Gasteiger partial charge on any atom is 0.213 e. The average molecular weight is 393 g/mol. The summed E-state index contributed by atoms with van der Waals surface area (Å²) in [5.74, 6) is 1.49. The lowest BCUT2D eigenvalue weighted by atomic mass is 10.1. The van der Waals surface area contributed by atoms with E-state index < -0.39 is 0 Å². The Hall–Kier alpha value is -3.22. The molecular formula is C22H27N5O2. The van der Waals surface area contributed by atoms with Crippen molar-refractivity contribution in [1.82, 2.24) is 15.2 Å². The molecule has 1 aromatic carbocycles. The minimum Gasteiger partial charge on any atom is -0.497 e. The number of anilines is 2. The van der Waals surface area contributed by atoms with Crippen molar-refractivity contribution in [3.63, 3.8) is 0 Å².